The molecule has 2 saturated heterocycles. The Labute approximate surface area is 173 Å². The van der Waals surface area contributed by atoms with Crippen molar-refractivity contribution in [3.8, 4) is 0 Å². The van der Waals surface area contributed by atoms with Gasteiger partial charge in [0, 0.05) is 11.8 Å². The summed E-state index contributed by atoms with van der Waals surface area (Å²) in [6.07, 6.45) is 2.66. The number of fused-ring (bicyclic) bond motifs is 2. The number of nitrogen functional groups attached to an aromatic ring is 1. The Hall–Kier alpha value is -1.62. The van der Waals surface area contributed by atoms with Gasteiger partial charge in [0.15, 0.2) is 6.23 Å². The Morgan fingerprint density at radius 3 is 2.97 bits per heavy atom. The number of nitrogens with zero attached hydrogens (tertiary/aromatic N) is 3. The highest BCUT2D eigenvalue weighted by atomic mass is 32.1. The highest BCUT2D eigenvalue weighted by Crippen LogP contribution is 2.56. The van der Waals surface area contributed by atoms with Gasteiger partial charge < -0.3 is 30.4 Å². The molecule has 4 heterocycles. The van der Waals surface area contributed by atoms with Gasteiger partial charge in [-0.2, -0.15) is 0 Å². The van der Waals surface area contributed by atoms with Crippen LogP contribution in [-0.2, 0) is 18.3 Å². The monoisotopic (exact) mass is 441 g/mol. The number of hydrogen-bond acceptors (Lipinski definition) is 9. The number of aliphatic hydroxyl groups is 1. The van der Waals surface area contributed by atoms with Crippen LogP contribution < -0.4 is 11.5 Å². The normalized spacial score (nSPS) is 31.8. The molecule has 2 aliphatic rings. The van der Waals surface area contributed by atoms with Crippen LogP contribution in [0.3, 0.4) is 0 Å². The number of ether oxygens (including phenoxy) is 1. The van der Waals surface area contributed by atoms with Crippen LogP contribution in [0.5, 0.6) is 0 Å². The summed E-state index contributed by atoms with van der Waals surface area (Å²) in [6.45, 7) is 2.15. The molecule has 2 aliphatic heterocycles. The molecule has 0 radical (unpaired) electrons. The lowest BCUT2D eigenvalue weighted by molar-refractivity contribution is -0.0582. The Balaban J connectivity index is 1.63. The topological polar surface area (TPSA) is 148 Å². The van der Waals surface area contributed by atoms with Crippen molar-refractivity contribution in [2.45, 2.75) is 50.7 Å². The Morgan fingerprint density at radius 1 is 1.45 bits per heavy atom. The van der Waals surface area contributed by atoms with Crippen LogP contribution in [0.2, 0.25) is 0 Å². The fourth-order valence-corrected chi connectivity index (χ4v) is 5.84. The molecule has 4 rings (SSSR count). The molecule has 29 heavy (non-hydrogen) atoms. The summed E-state index contributed by atoms with van der Waals surface area (Å²) in [5.74, 6) is 0.224. The van der Waals surface area contributed by atoms with Gasteiger partial charge in [-0.25, -0.2) is 9.97 Å². The Bertz CT molecular complexity index is 985. The summed E-state index contributed by atoms with van der Waals surface area (Å²) in [5, 5.41) is 11.4. The minimum absolute atomic E-state index is 0.0834. The van der Waals surface area contributed by atoms with Crippen LogP contribution in [0.25, 0.3) is 11.0 Å². The molecule has 0 aliphatic carbocycles. The molecule has 2 fully saturated rings. The van der Waals surface area contributed by atoms with Crippen LogP contribution in [-0.4, -0.2) is 55.7 Å². The lowest BCUT2D eigenvalue weighted by Crippen LogP contribution is -2.39. The summed E-state index contributed by atoms with van der Waals surface area (Å²) in [6, 6.07) is 0. The minimum atomic E-state index is -3.27. The molecular weight excluding hydrogens is 417 g/mol. The quantitative estimate of drug-likeness (QED) is 0.344. The van der Waals surface area contributed by atoms with Gasteiger partial charge in [-0.15, -0.1) is 0 Å². The van der Waals surface area contributed by atoms with Crippen molar-refractivity contribution in [3.63, 3.8) is 0 Å². The smallest absolute Gasteiger partial charge is 0.331 e. The second-order valence-corrected chi connectivity index (χ2v) is 9.81. The maximum atomic E-state index is 12.9. The number of anilines is 1. The maximum Gasteiger partial charge on any atom is 0.331 e. The van der Waals surface area contributed by atoms with E-state index in [1.807, 2.05) is 0 Å². The lowest BCUT2D eigenvalue weighted by atomic mass is 10.1. The number of unbranched alkanes of at least 4 members (excludes halogenated alkanes) is 2. The summed E-state index contributed by atoms with van der Waals surface area (Å²) >= 11 is 5.12. The molecule has 158 valence electrons. The van der Waals surface area contributed by atoms with Crippen molar-refractivity contribution in [3.05, 3.63) is 18.1 Å². The zero-order valence-corrected chi connectivity index (χ0v) is 17.6. The van der Waals surface area contributed by atoms with Crippen molar-refractivity contribution in [2.24, 2.45) is 5.73 Å². The third-order valence-corrected chi connectivity index (χ3v) is 7.43. The van der Waals surface area contributed by atoms with E-state index < -0.39 is 32.1 Å². The predicted molar refractivity (Wildman–Crippen MR) is 111 cm³/mol. The summed E-state index contributed by atoms with van der Waals surface area (Å²) in [5.41, 5.74) is 12.7. The molecule has 10 nitrogen and oxygen atoms in total. The number of hydrogen-bond donors (Lipinski definition) is 3. The molecule has 2 aromatic heterocycles. The van der Waals surface area contributed by atoms with E-state index in [9.17, 15) is 9.67 Å². The molecule has 5 N–H and O–H groups in total. The van der Waals surface area contributed by atoms with Crippen molar-refractivity contribution in [1.29, 1.82) is 0 Å². The van der Waals surface area contributed by atoms with Crippen LogP contribution in [0.4, 0.5) is 5.82 Å². The van der Waals surface area contributed by atoms with Crippen LogP contribution in [0, 0.1) is 0 Å². The number of aromatic nitrogens is 3. The van der Waals surface area contributed by atoms with E-state index in [1.165, 1.54) is 6.33 Å². The van der Waals surface area contributed by atoms with Crippen molar-refractivity contribution >= 4 is 41.7 Å². The zero-order chi connectivity index (χ0) is 20.8. The zero-order valence-electron chi connectivity index (χ0n) is 15.9. The van der Waals surface area contributed by atoms with Gasteiger partial charge in [0.25, 0.3) is 0 Å². The fraction of sp³-hybridized carbons (Fsp3) is 0.588. The molecule has 0 aromatic carbocycles. The lowest BCUT2D eigenvalue weighted by Gasteiger charge is -2.31. The molecular formula is C17H24N5O5PS. The Morgan fingerprint density at radius 2 is 2.24 bits per heavy atom. The molecule has 0 saturated carbocycles. The van der Waals surface area contributed by atoms with E-state index in [2.05, 4.69) is 16.9 Å². The second kappa shape index (κ2) is 7.90. The van der Waals surface area contributed by atoms with Gasteiger partial charge >= 0.3 is 7.60 Å². The standard InChI is InChI=1S/C17H24N5O5PS/c1-2-3-4-5-28(24)25-7-10-13(27-28)12(23)17(26-10)22-6-9(15(19)29)11-14(18)20-8-21-16(11)22/h6,8,10,12-13,17,23H,2-5,7H2,1H3,(H2,19,29)(H2,18,20,21). The van der Waals surface area contributed by atoms with Gasteiger partial charge in [-0.05, 0) is 6.42 Å². The first-order valence-corrected chi connectivity index (χ1v) is 11.6. The van der Waals surface area contributed by atoms with Gasteiger partial charge in [0.1, 0.15) is 41.1 Å². The summed E-state index contributed by atoms with van der Waals surface area (Å²) in [7, 11) is -3.27. The fourth-order valence-electron chi connectivity index (χ4n) is 3.78. The van der Waals surface area contributed by atoms with Crippen LogP contribution in [0.1, 0.15) is 38.0 Å². The van der Waals surface area contributed by atoms with Crippen molar-refractivity contribution in [2.75, 3.05) is 18.5 Å². The van der Waals surface area contributed by atoms with Crippen molar-refractivity contribution in [1.82, 2.24) is 14.5 Å². The molecule has 2 aromatic rings. The van der Waals surface area contributed by atoms with Crippen molar-refractivity contribution < 1.29 is 23.5 Å². The highest BCUT2D eigenvalue weighted by Gasteiger charge is 2.52. The van der Waals surface area contributed by atoms with E-state index in [4.69, 9.17) is 37.5 Å². The highest BCUT2D eigenvalue weighted by molar-refractivity contribution is 7.80. The van der Waals surface area contributed by atoms with Gasteiger partial charge in [0.05, 0.1) is 18.2 Å². The number of aliphatic hydroxyl groups excluding tert-OH is 1. The average Bonchev–Trinajstić information content (AvgIpc) is 3.21. The number of nitrogens with two attached hydrogens (primary N) is 2. The number of rotatable bonds is 6. The number of thiocarbonyl (C=S) groups is 1. The second-order valence-electron chi connectivity index (χ2n) is 7.23. The summed E-state index contributed by atoms with van der Waals surface area (Å²) in [4.78, 5) is 8.37. The van der Waals surface area contributed by atoms with Gasteiger partial charge in [0.2, 0.25) is 0 Å². The van der Waals surface area contributed by atoms with Crippen LogP contribution in [0.15, 0.2) is 12.5 Å². The minimum Gasteiger partial charge on any atom is -0.389 e. The van der Waals surface area contributed by atoms with Gasteiger partial charge in [-0.3, -0.25) is 9.09 Å². The van der Waals surface area contributed by atoms with E-state index in [1.54, 1.807) is 10.8 Å². The predicted octanol–water partition coefficient (Wildman–Crippen LogP) is 1.70. The van der Waals surface area contributed by atoms with E-state index in [0.29, 0.717) is 22.8 Å². The van der Waals surface area contributed by atoms with Gasteiger partial charge in [-0.1, -0.05) is 32.0 Å². The maximum absolute atomic E-state index is 12.9. The summed E-state index contributed by atoms with van der Waals surface area (Å²) < 4.78 is 31.7. The molecule has 12 heteroatoms. The van der Waals surface area contributed by atoms with E-state index in [0.717, 1.165) is 19.3 Å². The largest absolute Gasteiger partial charge is 0.389 e. The van der Waals surface area contributed by atoms with E-state index >= 15 is 0 Å². The third-order valence-electron chi connectivity index (χ3n) is 5.24. The first kappa shape index (κ1) is 20.6. The van der Waals surface area contributed by atoms with Crippen LogP contribution >= 0.6 is 19.8 Å². The SMILES string of the molecule is CCCCCP1(=O)OCC2OC(n3cc(C(N)=S)c4c(N)ncnc43)C(O)C2O1. The molecule has 5 unspecified atom stereocenters. The first-order valence-electron chi connectivity index (χ1n) is 9.51. The molecule has 0 amide bonds. The molecule has 5 atom stereocenters. The Kier molecular flexibility index (Phi) is 5.62. The third kappa shape index (κ3) is 3.67. The van der Waals surface area contributed by atoms with E-state index in [-0.39, 0.29) is 17.4 Å². The molecule has 0 spiro atoms. The molecule has 0 bridgehead atoms. The average molecular weight is 441 g/mol. The first-order chi connectivity index (χ1) is 13.8.